The number of carbonyl (C=O) groups excluding carboxylic acids is 1. The van der Waals surface area contributed by atoms with Crippen molar-refractivity contribution in [3.8, 4) is 11.3 Å². The molecule has 2 aliphatic rings. The van der Waals surface area contributed by atoms with Crippen LogP contribution in [0.1, 0.15) is 52.9 Å². The summed E-state index contributed by atoms with van der Waals surface area (Å²) in [6, 6.07) is 16.9. The van der Waals surface area contributed by atoms with Gasteiger partial charge >= 0.3 is 6.18 Å². The molecule has 2 saturated heterocycles. The Morgan fingerprint density at radius 2 is 1.71 bits per heavy atom. The summed E-state index contributed by atoms with van der Waals surface area (Å²) in [6.07, 6.45) is -1.82. The number of fused-ring (bicyclic) bond motifs is 1. The molecule has 49 heavy (non-hydrogen) atoms. The average Bonchev–Trinajstić information content (AvgIpc) is 3.08. The molecule has 1 atom stereocenters. The summed E-state index contributed by atoms with van der Waals surface area (Å²) in [5.41, 5.74) is 1.14. The molecule has 13 heteroatoms. The number of hydrogen-bond donors (Lipinski definition) is 1. The van der Waals surface area contributed by atoms with Gasteiger partial charge in [-0.1, -0.05) is 54.1 Å². The highest BCUT2D eigenvalue weighted by Crippen LogP contribution is 2.38. The molecule has 2 aliphatic heterocycles. The number of likely N-dealkylation sites (tertiary alicyclic amines) is 1. The van der Waals surface area contributed by atoms with Crippen LogP contribution in [0.4, 0.5) is 13.2 Å². The van der Waals surface area contributed by atoms with Crippen LogP contribution < -0.4 is 5.32 Å². The molecule has 1 aromatic heterocycles. The van der Waals surface area contributed by atoms with E-state index < -0.39 is 33.5 Å². The number of carbonyl (C=O) groups is 1. The fourth-order valence-electron chi connectivity index (χ4n) is 6.79. The van der Waals surface area contributed by atoms with Gasteiger partial charge in [0.2, 0.25) is 0 Å². The van der Waals surface area contributed by atoms with Gasteiger partial charge in [0, 0.05) is 48.4 Å². The highest BCUT2D eigenvalue weighted by atomic mass is 35.5. The number of halogens is 4. The number of aromatic nitrogens is 1. The number of sulfone groups is 1. The van der Waals surface area contributed by atoms with E-state index in [1.807, 2.05) is 37.3 Å². The second-order valence-electron chi connectivity index (χ2n) is 12.7. The summed E-state index contributed by atoms with van der Waals surface area (Å²) in [5.74, 6) is -0.503. The Hall–Kier alpha value is -3.55. The molecular weight excluding hydrogens is 677 g/mol. The third-order valence-corrected chi connectivity index (χ3v) is 10.9. The quantitative estimate of drug-likeness (QED) is 0.216. The zero-order chi connectivity index (χ0) is 34.9. The number of piperidine rings is 1. The molecule has 6 rings (SSSR count). The van der Waals surface area contributed by atoms with Crippen LogP contribution in [0.15, 0.2) is 71.6 Å². The number of amides is 1. The van der Waals surface area contributed by atoms with Crippen molar-refractivity contribution in [3.63, 3.8) is 0 Å². The summed E-state index contributed by atoms with van der Waals surface area (Å²) in [6.45, 7) is 6.56. The monoisotopic (exact) mass is 714 g/mol. The van der Waals surface area contributed by atoms with E-state index in [9.17, 15) is 26.4 Å². The van der Waals surface area contributed by atoms with E-state index in [-0.39, 0.29) is 44.2 Å². The van der Waals surface area contributed by atoms with Gasteiger partial charge in [-0.25, -0.2) is 13.4 Å². The van der Waals surface area contributed by atoms with Crippen molar-refractivity contribution >= 4 is 38.2 Å². The van der Waals surface area contributed by atoms with E-state index in [1.165, 1.54) is 18.2 Å². The number of alkyl halides is 3. The number of ether oxygens (including phenoxy) is 1. The fraction of sp³-hybridized carbons (Fsp3) is 0.389. The number of pyridine rings is 1. The van der Waals surface area contributed by atoms with Crippen LogP contribution in [0.2, 0.25) is 5.02 Å². The van der Waals surface area contributed by atoms with Crippen molar-refractivity contribution in [1.29, 1.82) is 0 Å². The number of rotatable bonds is 8. The minimum Gasteiger partial charge on any atom is -0.379 e. The number of hydrogen-bond acceptors (Lipinski definition) is 7. The molecule has 0 aliphatic carbocycles. The van der Waals surface area contributed by atoms with E-state index in [0.717, 1.165) is 49.9 Å². The molecule has 0 bridgehead atoms. The van der Waals surface area contributed by atoms with Gasteiger partial charge in [-0.15, -0.1) is 0 Å². The van der Waals surface area contributed by atoms with Crippen LogP contribution in [0.25, 0.3) is 22.2 Å². The van der Waals surface area contributed by atoms with Crippen molar-refractivity contribution in [2.45, 2.75) is 49.5 Å². The summed E-state index contributed by atoms with van der Waals surface area (Å²) in [4.78, 5) is 23.7. The van der Waals surface area contributed by atoms with Gasteiger partial charge in [0.15, 0.2) is 9.84 Å². The number of benzene rings is 3. The minimum atomic E-state index is -4.60. The zero-order valence-corrected chi connectivity index (χ0v) is 28.8. The summed E-state index contributed by atoms with van der Waals surface area (Å²) >= 11 is 6.45. The lowest BCUT2D eigenvalue weighted by Gasteiger charge is -2.40. The van der Waals surface area contributed by atoms with E-state index in [1.54, 1.807) is 6.07 Å². The topological polar surface area (TPSA) is 91.8 Å². The molecule has 8 nitrogen and oxygen atoms in total. The number of nitrogens with one attached hydrogen (secondary N) is 1. The molecule has 1 amide bonds. The van der Waals surface area contributed by atoms with E-state index in [4.69, 9.17) is 21.3 Å². The van der Waals surface area contributed by atoms with Crippen LogP contribution in [0.5, 0.6) is 0 Å². The Morgan fingerprint density at radius 3 is 2.37 bits per heavy atom. The van der Waals surface area contributed by atoms with E-state index in [0.29, 0.717) is 37.9 Å². The van der Waals surface area contributed by atoms with Crippen LogP contribution in [0, 0.1) is 0 Å². The lowest BCUT2D eigenvalue weighted by atomic mass is 9.93. The molecular formula is C36H38ClF3N4O4S. The Kier molecular flexibility index (Phi) is 10.3. The van der Waals surface area contributed by atoms with Crippen LogP contribution in [-0.4, -0.2) is 80.8 Å². The van der Waals surface area contributed by atoms with Gasteiger partial charge in [-0.3, -0.25) is 14.6 Å². The van der Waals surface area contributed by atoms with Crippen LogP contribution >= 0.6 is 11.6 Å². The Labute approximate surface area is 289 Å². The highest BCUT2D eigenvalue weighted by molar-refractivity contribution is 7.90. The standard InChI is InChI=1S/C36H38ClF3N4O4S/c1-23(24-7-4-3-5-8-24)41-35(45)33-28-20-32(49(2,46)47)30(37)21-31(28)42-34(25-9-6-10-26(19-25)36(38,39)40)29(33)22-43-13-11-27(12-14-43)44-15-17-48-18-16-44/h3-10,19-21,23,27H,11-18,22H2,1-2H3,(H,41,45)/t23-/m0/s1. The summed E-state index contributed by atoms with van der Waals surface area (Å²) in [5, 5.41) is 3.20. The van der Waals surface area contributed by atoms with E-state index >= 15 is 0 Å². The molecule has 0 unspecified atom stereocenters. The first-order valence-electron chi connectivity index (χ1n) is 16.2. The van der Waals surface area contributed by atoms with Crippen molar-refractivity contribution < 1.29 is 31.1 Å². The largest absolute Gasteiger partial charge is 0.416 e. The fourth-order valence-corrected chi connectivity index (χ4v) is 8.11. The minimum absolute atomic E-state index is 0.0977. The third-order valence-electron chi connectivity index (χ3n) is 9.38. The van der Waals surface area contributed by atoms with E-state index in [2.05, 4.69) is 15.1 Å². The first-order valence-corrected chi connectivity index (χ1v) is 18.5. The van der Waals surface area contributed by atoms with Crippen molar-refractivity contribution in [2.24, 2.45) is 0 Å². The molecule has 1 N–H and O–H groups in total. The number of morpholine rings is 1. The summed E-state index contributed by atoms with van der Waals surface area (Å²) in [7, 11) is -3.82. The Bertz CT molecular complexity index is 1950. The lowest BCUT2D eigenvalue weighted by molar-refractivity contribution is -0.137. The molecule has 3 heterocycles. The molecule has 0 saturated carbocycles. The predicted molar refractivity (Wildman–Crippen MR) is 183 cm³/mol. The SMILES string of the molecule is C[C@H](NC(=O)c1c(CN2CCC(N3CCOCC3)CC2)c(-c2cccc(C(F)(F)F)c2)nc2cc(Cl)c(S(C)(=O)=O)cc12)c1ccccc1. The number of nitrogens with zero attached hydrogens (tertiary/aromatic N) is 3. The van der Waals surface area contributed by atoms with Crippen molar-refractivity contribution in [3.05, 3.63) is 94.0 Å². The maximum absolute atomic E-state index is 14.5. The van der Waals surface area contributed by atoms with Gasteiger partial charge in [0.25, 0.3) is 5.91 Å². The Balaban J connectivity index is 1.51. The van der Waals surface area contributed by atoms with Crippen LogP contribution in [0.3, 0.4) is 0 Å². The molecule has 260 valence electrons. The average molecular weight is 715 g/mol. The van der Waals surface area contributed by atoms with Gasteiger partial charge in [0.05, 0.1) is 51.5 Å². The maximum atomic E-state index is 14.5. The first-order chi connectivity index (χ1) is 23.3. The molecule has 4 aromatic rings. The smallest absolute Gasteiger partial charge is 0.379 e. The van der Waals surface area contributed by atoms with Crippen molar-refractivity contribution in [2.75, 3.05) is 45.6 Å². The zero-order valence-electron chi connectivity index (χ0n) is 27.3. The maximum Gasteiger partial charge on any atom is 0.416 e. The molecule has 3 aromatic carbocycles. The van der Waals surface area contributed by atoms with Gasteiger partial charge in [0.1, 0.15) is 0 Å². The predicted octanol–water partition coefficient (Wildman–Crippen LogP) is 6.77. The summed E-state index contributed by atoms with van der Waals surface area (Å²) < 4.78 is 72.9. The Morgan fingerprint density at radius 1 is 1.02 bits per heavy atom. The molecule has 2 fully saturated rings. The van der Waals surface area contributed by atoms with Crippen molar-refractivity contribution in [1.82, 2.24) is 20.1 Å². The normalized spacial score (nSPS) is 17.7. The second kappa shape index (κ2) is 14.4. The molecule has 0 radical (unpaired) electrons. The first kappa shape index (κ1) is 35.3. The lowest BCUT2D eigenvalue weighted by Crippen LogP contribution is -2.48. The third kappa shape index (κ3) is 7.94. The van der Waals surface area contributed by atoms with Gasteiger partial charge in [-0.2, -0.15) is 13.2 Å². The van der Waals surface area contributed by atoms with Gasteiger partial charge < -0.3 is 10.1 Å². The second-order valence-corrected chi connectivity index (χ2v) is 15.1. The molecule has 0 spiro atoms. The van der Waals surface area contributed by atoms with Gasteiger partial charge in [-0.05, 0) is 62.7 Å². The highest BCUT2D eigenvalue weighted by Gasteiger charge is 2.33. The van der Waals surface area contributed by atoms with Crippen LogP contribution in [-0.2, 0) is 27.3 Å².